The molecular weight excluding hydrogens is 278 g/mol. The van der Waals surface area contributed by atoms with E-state index in [1.165, 1.54) is 4.90 Å². The van der Waals surface area contributed by atoms with Gasteiger partial charge in [0, 0.05) is 14.1 Å². The second-order valence-electron chi connectivity index (χ2n) is 4.49. The number of amides is 1. The van der Waals surface area contributed by atoms with Crippen LogP contribution in [-0.4, -0.2) is 59.4 Å². The molecule has 16 heavy (non-hydrogen) atoms. The van der Waals surface area contributed by atoms with Gasteiger partial charge in [0.05, 0.1) is 6.61 Å². The minimum Gasteiger partial charge on any atom is -0.389 e. The molecule has 1 amide bonds. The first-order valence-corrected chi connectivity index (χ1v) is 6.01. The first-order chi connectivity index (χ1) is 7.24. The van der Waals surface area contributed by atoms with Crippen molar-refractivity contribution in [1.29, 1.82) is 0 Å². The molecule has 1 rings (SSSR count). The van der Waals surface area contributed by atoms with Crippen LogP contribution in [0.1, 0.15) is 13.8 Å². The largest absolute Gasteiger partial charge is 0.389 e. The molecule has 0 aromatic carbocycles. The molecule has 0 spiro atoms. The van der Waals surface area contributed by atoms with Gasteiger partial charge in [0.25, 0.3) is 0 Å². The van der Waals surface area contributed by atoms with Crippen molar-refractivity contribution in [2.75, 3.05) is 20.7 Å². The maximum absolute atomic E-state index is 11.6. The fourth-order valence-electron chi connectivity index (χ4n) is 1.46. The van der Waals surface area contributed by atoms with Crippen molar-refractivity contribution in [3.8, 4) is 0 Å². The van der Waals surface area contributed by atoms with Gasteiger partial charge in [0.1, 0.15) is 17.0 Å². The molecule has 0 aromatic rings. The summed E-state index contributed by atoms with van der Waals surface area (Å²) in [5.74, 6) is -0.889. The summed E-state index contributed by atoms with van der Waals surface area (Å²) in [4.78, 5) is 12.4. The van der Waals surface area contributed by atoms with E-state index in [9.17, 15) is 9.90 Å². The predicted octanol–water partition coefficient (Wildman–Crippen LogP) is 0.350. The number of halogens is 1. The Bertz CT molecular complexity index is 270. The van der Waals surface area contributed by atoms with Gasteiger partial charge >= 0.3 is 0 Å². The predicted molar refractivity (Wildman–Crippen MR) is 62.3 cm³/mol. The fourth-order valence-corrected chi connectivity index (χ4v) is 2.21. The minimum absolute atomic E-state index is 0.194. The summed E-state index contributed by atoms with van der Waals surface area (Å²) >= 11 is 3.18. The maximum Gasteiger partial charge on any atom is 0.238 e. The van der Waals surface area contributed by atoms with E-state index in [0.717, 1.165) is 0 Å². The molecule has 1 heterocycles. The summed E-state index contributed by atoms with van der Waals surface area (Å²) in [5, 5.41) is 9.97. The van der Waals surface area contributed by atoms with Gasteiger partial charge in [-0.15, -0.1) is 0 Å². The molecule has 1 aliphatic rings. The monoisotopic (exact) mass is 295 g/mol. The highest BCUT2D eigenvalue weighted by molar-refractivity contribution is 9.10. The van der Waals surface area contributed by atoms with Gasteiger partial charge in [-0.2, -0.15) is 0 Å². The van der Waals surface area contributed by atoms with Crippen LogP contribution in [0.15, 0.2) is 0 Å². The number of aliphatic hydroxyl groups is 1. The average Bonchev–Trinajstić information content (AvgIpc) is 2.55. The first kappa shape index (κ1) is 13.9. The van der Waals surface area contributed by atoms with E-state index in [4.69, 9.17) is 9.47 Å². The van der Waals surface area contributed by atoms with Crippen molar-refractivity contribution < 1.29 is 19.4 Å². The molecule has 5 nitrogen and oxygen atoms in total. The highest BCUT2D eigenvalue weighted by atomic mass is 79.9. The number of hydrogen-bond donors (Lipinski definition) is 1. The van der Waals surface area contributed by atoms with Gasteiger partial charge < -0.3 is 19.5 Å². The van der Waals surface area contributed by atoms with Gasteiger partial charge in [-0.25, -0.2) is 0 Å². The Morgan fingerprint density at radius 3 is 2.50 bits per heavy atom. The Hall–Kier alpha value is -0.170. The summed E-state index contributed by atoms with van der Waals surface area (Å²) in [6, 6.07) is 0. The van der Waals surface area contributed by atoms with Crippen molar-refractivity contribution in [1.82, 2.24) is 4.90 Å². The summed E-state index contributed by atoms with van der Waals surface area (Å²) in [5.41, 5.74) is 0. The van der Waals surface area contributed by atoms with E-state index >= 15 is 0 Å². The average molecular weight is 296 g/mol. The summed E-state index contributed by atoms with van der Waals surface area (Å²) in [6.07, 6.45) is -1.40. The van der Waals surface area contributed by atoms with Gasteiger partial charge in [-0.3, -0.25) is 4.79 Å². The first-order valence-electron chi connectivity index (χ1n) is 5.09. The van der Waals surface area contributed by atoms with Crippen LogP contribution in [0.25, 0.3) is 0 Å². The van der Waals surface area contributed by atoms with Crippen LogP contribution in [0.3, 0.4) is 0 Å². The van der Waals surface area contributed by atoms with E-state index in [0.29, 0.717) is 0 Å². The third kappa shape index (κ3) is 3.16. The van der Waals surface area contributed by atoms with Crippen molar-refractivity contribution in [3.63, 3.8) is 0 Å². The molecule has 94 valence electrons. The topological polar surface area (TPSA) is 59.0 Å². The van der Waals surface area contributed by atoms with E-state index < -0.39 is 22.8 Å². The van der Waals surface area contributed by atoms with Crippen LogP contribution in [0.5, 0.6) is 0 Å². The molecule has 0 aromatic heterocycles. The third-order valence-electron chi connectivity index (χ3n) is 2.39. The third-order valence-corrected chi connectivity index (χ3v) is 3.32. The Labute approximate surface area is 104 Å². The zero-order valence-electron chi connectivity index (χ0n) is 9.94. The molecule has 1 saturated heterocycles. The number of carbonyl (C=O) groups excluding carboxylic acids is 1. The molecule has 0 radical (unpaired) electrons. The second kappa shape index (κ2) is 5.00. The summed E-state index contributed by atoms with van der Waals surface area (Å²) in [6.45, 7) is 3.84. The molecule has 0 saturated carbocycles. The lowest BCUT2D eigenvalue weighted by Crippen LogP contribution is -2.44. The smallest absolute Gasteiger partial charge is 0.238 e. The summed E-state index contributed by atoms with van der Waals surface area (Å²) < 4.78 is 10.8. The van der Waals surface area contributed by atoms with Gasteiger partial charge in [-0.1, -0.05) is 15.9 Å². The van der Waals surface area contributed by atoms with Crippen molar-refractivity contribution in [2.24, 2.45) is 0 Å². The lowest BCUT2D eigenvalue weighted by atomic mass is 10.1. The van der Waals surface area contributed by atoms with E-state index in [1.54, 1.807) is 27.9 Å². The Morgan fingerprint density at radius 1 is 1.56 bits per heavy atom. The zero-order valence-corrected chi connectivity index (χ0v) is 11.5. The highest BCUT2D eigenvalue weighted by Gasteiger charge is 2.41. The number of alkyl halides is 1. The van der Waals surface area contributed by atoms with Crippen LogP contribution >= 0.6 is 15.9 Å². The van der Waals surface area contributed by atoms with Crippen molar-refractivity contribution in [3.05, 3.63) is 0 Å². The van der Waals surface area contributed by atoms with Gasteiger partial charge in [-0.05, 0) is 13.8 Å². The number of aliphatic hydroxyl groups excluding tert-OH is 1. The molecule has 0 unspecified atom stereocenters. The molecule has 1 fully saturated rings. The van der Waals surface area contributed by atoms with Gasteiger partial charge in [0.15, 0.2) is 5.79 Å². The fraction of sp³-hybridized carbons (Fsp3) is 0.900. The highest BCUT2D eigenvalue weighted by Crippen LogP contribution is 2.27. The Kier molecular flexibility index (Phi) is 4.34. The van der Waals surface area contributed by atoms with Crippen molar-refractivity contribution in [2.45, 2.75) is 36.7 Å². The minimum atomic E-state index is -0.920. The Morgan fingerprint density at radius 2 is 2.12 bits per heavy atom. The second-order valence-corrected chi connectivity index (χ2v) is 5.48. The molecule has 1 N–H and O–H groups in total. The van der Waals surface area contributed by atoms with Crippen LogP contribution in [0.4, 0.5) is 0 Å². The number of carbonyl (C=O) groups is 1. The van der Waals surface area contributed by atoms with E-state index in [2.05, 4.69) is 15.9 Å². The van der Waals surface area contributed by atoms with Gasteiger partial charge in [0.2, 0.25) is 5.91 Å². The molecule has 1 aliphatic heterocycles. The molecule has 0 aliphatic carbocycles. The number of ether oxygens (including phenoxy) is 2. The lowest BCUT2D eigenvalue weighted by molar-refractivity contribution is -0.154. The number of hydrogen-bond acceptors (Lipinski definition) is 4. The van der Waals surface area contributed by atoms with E-state index in [1.807, 2.05) is 0 Å². The van der Waals surface area contributed by atoms with Crippen molar-refractivity contribution >= 4 is 21.8 Å². The lowest BCUT2D eigenvalue weighted by Gasteiger charge is -2.25. The van der Waals surface area contributed by atoms with E-state index in [-0.39, 0.29) is 12.5 Å². The molecule has 6 heteroatoms. The quantitative estimate of drug-likeness (QED) is 0.764. The standard InChI is InChI=1S/C10H18BrNO4/c1-10(2)15-5-6(16-10)8(13)7(11)9(14)12(3)4/h6-8,13H,5H2,1-4H3/t6-,7-,8-/m1/s1. The van der Waals surface area contributed by atoms with Crippen LogP contribution in [0.2, 0.25) is 0 Å². The SMILES string of the molecule is CN(C)C(=O)[C@H](Br)[C@H](O)[C@H]1COC(C)(C)O1. The maximum atomic E-state index is 11.6. The van der Waals surface area contributed by atoms with Crippen LogP contribution in [-0.2, 0) is 14.3 Å². The molecular formula is C10H18BrNO4. The molecule has 3 atom stereocenters. The summed E-state index contributed by atoms with van der Waals surface area (Å²) in [7, 11) is 3.28. The normalized spacial score (nSPS) is 27.5. The van der Waals surface area contributed by atoms with Crippen LogP contribution in [0, 0.1) is 0 Å². The number of rotatable bonds is 3. The van der Waals surface area contributed by atoms with Crippen LogP contribution < -0.4 is 0 Å². The number of nitrogens with zero attached hydrogens (tertiary/aromatic N) is 1. The Balaban J connectivity index is 2.58. The molecule has 0 bridgehead atoms. The zero-order chi connectivity index (χ0) is 12.5.